The molecule has 0 aliphatic rings. The number of nitrogen functional groups attached to an aromatic ring is 1. The largest absolute Gasteiger partial charge is 0.399 e. The van der Waals surface area contributed by atoms with E-state index in [2.05, 4.69) is 19.9 Å². The number of thiazole rings is 1. The highest BCUT2D eigenvalue weighted by Gasteiger charge is 2.17. The lowest BCUT2D eigenvalue weighted by Crippen LogP contribution is -2.11. The molecule has 98 valence electrons. The molecule has 0 saturated heterocycles. The summed E-state index contributed by atoms with van der Waals surface area (Å²) in [4.78, 5) is 4.25. The van der Waals surface area contributed by atoms with Gasteiger partial charge in [0, 0.05) is 11.9 Å². The summed E-state index contributed by atoms with van der Waals surface area (Å²) in [7, 11) is -3.65. The van der Waals surface area contributed by atoms with Crippen LogP contribution in [0.3, 0.4) is 0 Å². The molecule has 0 aliphatic carbocycles. The van der Waals surface area contributed by atoms with E-state index in [1.165, 1.54) is 23.7 Å². The number of H-pyrrole nitrogens is 1. The predicted octanol–water partition coefficient (Wildman–Crippen LogP) is 1.40. The number of nitrogens with zero attached hydrogens (tertiary/aromatic N) is 2. The number of benzene rings is 1. The van der Waals surface area contributed by atoms with Gasteiger partial charge in [-0.05, 0) is 18.2 Å². The Labute approximate surface area is 112 Å². The number of sulfonamides is 1. The molecule has 0 saturated carbocycles. The quantitative estimate of drug-likeness (QED) is 0.632. The van der Waals surface area contributed by atoms with Crippen LogP contribution in [0.25, 0.3) is 10.2 Å². The summed E-state index contributed by atoms with van der Waals surface area (Å²) in [5.74, 6) is 0. The van der Waals surface area contributed by atoms with Gasteiger partial charge in [-0.25, -0.2) is 13.4 Å². The topological polar surface area (TPSA) is 114 Å². The number of nitrogens with two attached hydrogens (primary N) is 1. The lowest BCUT2D eigenvalue weighted by Gasteiger charge is -2.00. The number of hydrogen-bond acceptors (Lipinski definition) is 6. The molecule has 0 radical (unpaired) electrons. The molecule has 0 spiro atoms. The normalized spacial score (nSPS) is 11.8. The van der Waals surface area contributed by atoms with E-state index in [0.29, 0.717) is 16.3 Å². The number of fused-ring (bicyclic) bond motifs is 1. The van der Waals surface area contributed by atoms with Crippen molar-refractivity contribution in [1.29, 1.82) is 0 Å². The third kappa shape index (κ3) is 2.25. The van der Waals surface area contributed by atoms with E-state index in [4.69, 9.17) is 5.73 Å². The van der Waals surface area contributed by atoms with Crippen LogP contribution in [-0.4, -0.2) is 23.6 Å². The van der Waals surface area contributed by atoms with Crippen molar-refractivity contribution in [1.82, 2.24) is 15.2 Å². The highest BCUT2D eigenvalue weighted by molar-refractivity contribution is 7.93. The first-order valence-corrected chi connectivity index (χ1v) is 7.52. The molecule has 9 heteroatoms. The Morgan fingerprint density at radius 1 is 1.37 bits per heavy atom. The Kier molecular flexibility index (Phi) is 2.64. The van der Waals surface area contributed by atoms with Gasteiger partial charge in [-0.15, -0.1) is 0 Å². The summed E-state index contributed by atoms with van der Waals surface area (Å²) in [6.45, 7) is 0. The van der Waals surface area contributed by atoms with E-state index in [1.54, 1.807) is 18.2 Å². The van der Waals surface area contributed by atoms with Gasteiger partial charge in [0.05, 0.1) is 16.4 Å². The summed E-state index contributed by atoms with van der Waals surface area (Å²) in [6.07, 6.45) is 2.53. The lowest BCUT2D eigenvalue weighted by atomic mass is 10.3. The lowest BCUT2D eigenvalue weighted by molar-refractivity contribution is 0.601. The molecule has 4 N–H and O–H groups in total. The number of nitrogens with one attached hydrogen (secondary N) is 2. The first-order valence-electron chi connectivity index (χ1n) is 5.22. The van der Waals surface area contributed by atoms with Crippen molar-refractivity contribution in [2.75, 3.05) is 10.5 Å². The van der Waals surface area contributed by atoms with Crippen molar-refractivity contribution < 1.29 is 8.42 Å². The molecule has 0 amide bonds. The predicted molar refractivity (Wildman–Crippen MR) is 73.4 cm³/mol. The third-order valence-corrected chi connectivity index (χ3v) is 4.79. The molecular weight excluding hydrogens is 286 g/mol. The minimum Gasteiger partial charge on any atom is -0.399 e. The number of rotatable bonds is 3. The Bertz CT molecular complexity index is 823. The molecular formula is C10H9N5O2S2. The van der Waals surface area contributed by atoms with Crippen LogP contribution in [0.1, 0.15) is 0 Å². The zero-order chi connectivity index (χ0) is 13.5. The van der Waals surface area contributed by atoms with Crippen molar-refractivity contribution in [3.05, 3.63) is 30.6 Å². The highest BCUT2D eigenvalue weighted by Crippen LogP contribution is 2.28. The van der Waals surface area contributed by atoms with Gasteiger partial charge in [0.15, 0.2) is 5.13 Å². The number of aromatic nitrogens is 3. The molecule has 7 nitrogen and oxygen atoms in total. The van der Waals surface area contributed by atoms with Crippen LogP contribution in [-0.2, 0) is 10.0 Å². The van der Waals surface area contributed by atoms with Crippen LogP contribution in [0.15, 0.2) is 35.5 Å². The second-order valence-corrected chi connectivity index (χ2v) is 6.50. The van der Waals surface area contributed by atoms with Gasteiger partial charge in [0.2, 0.25) is 0 Å². The van der Waals surface area contributed by atoms with Crippen LogP contribution >= 0.6 is 11.3 Å². The summed E-state index contributed by atoms with van der Waals surface area (Å²) < 4.78 is 27.2. The Hall–Kier alpha value is -2.13. The number of hydrogen-bond donors (Lipinski definition) is 3. The molecule has 0 bridgehead atoms. The average Bonchev–Trinajstić information content (AvgIpc) is 2.95. The molecule has 0 aliphatic heterocycles. The fourth-order valence-corrected chi connectivity index (χ4v) is 3.60. The minimum absolute atomic E-state index is 0.0614. The number of aromatic amines is 1. The van der Waals surface area contributed by atoms with Crippen molar-refractivity contribution in [3.8, 4) is 0 Å². The maximum absolute atomic E-state index is 12.0. The van der Waals surface area contributed by atoms with Crippen molar-refractivity contribution in [3.63, 3.8) is 0 Å². The smallest absolute Gasteiger partial charge is 0.266 e. The van der Waals surface area contributed by atoms with E-state index in [0.717, 1.165) is 4.70 Å². The molecule has 19 heavy (non-hydrogen) atoms. The summed E-state index contributed by atoms with van der Waals surface area (Å²) in [5.41, 5.74) is 6.98. The van der Waals surface area contributed by atoms with E-state index in [-0.39, 0.29) is 4.90 Å². The van der Waals surface area contributed by atoms with E-state index in [9.17, 15) is 8.42 Å². The van der Waals surface area contributed by atoms with Gasteiger partial charge in [-0.2, -0.15) is 5.10 Å². The van der Waals surface area contributed by atoms with E-state index < -0.39 is 10.0 Å². The second kappa shape index (κ2) is 4.21. The molecule has 2 heterocycles. The standard InChI is InChI=1S/C10H9N5O2S2/c11-6-1-2-8-9(3-6)18-10(14-8)15-19(16,17)7-4-12-13-5-7/h1-5H,11H2,(H,12,13)(H,14,15). The Morgan fingerprint density at radius 2 is 2.21 bits per heavy atom. The van der Waals surface area contributed by atoms with Gasteiger partial charge in [0.1, 0.15) is 4.90 Å². The molecule has 1 aromatic carbocycles. The fraction of sp³-hybridized carbons (Fsp3) is 0. The Balaban J connectivity index is 1.98. The zero-order valence-electron chi connectivity index (χ0n) is 9.49. The summed E-state index contributed by atoms with van der Waals surface area (Å²) in [6, 6.07) is 5.22. The molecule has 0 fully saturated rings. The monoisotopic (exact) mass is 295 g/mol. The Morgan fingerprint density at radius 3 is 2.95 bits per heavy atom. The maximum Gasteiger partial charge on any atom is 0.266 e. The summed E-state index contributed by atoms with van der Waals surface area (Å²) >= 11 is 1.22. The fourth-order valence-electron chi connectivity index (χ4n) is 1.54. The summed E-state index contributed by atoms with van der Waals surface area (Å²) in [5, 5.41) is 6.35. The average molecular weight is 295 g/mol. The molecule has 0 unspecified atom stereocenters. The maximum atomic E-state index is 12.0. The molecule has 3 rings (SSSR count). The zero-order valence-corrected chi connectivity index (χ0v) is 11.1. The van der Waals surface area contributed by atoms with Crippen molar-refractivity contribution >= 4 is 42.4 Å². The van der Waals surface area contributed by atoms with E-state index >= 15 is 0 Å². The first-order chi connectivity index (χ1) is 9.04. The highest BCUT2D eigenvalue weighted by atomic mass is 32.2. The van der Waals surface area contributed by atoms with Crippen molar-refractivity contribution in [2.24, 2.45) is 0 Å². The van der Waals surface area contributed by atoms with Crippen LogP contribution in [0.5, 0.6) is 0 Å². The van der Waals surface area contributed by atoms with Gasteiger partial charge >= 0.3 is 0 Å². The molecule has 3 aromatic rings. The van der Waals surface area contributed by atoms with Crippen LogP contribution in [0.4, 0.5) is 10.8 Å². The van der Waals surface area contributed by atoms with Crippen molar-refractivity contribution in [2.45, 2.75) is 4.90 Å². The minimum atomic E-state index is -3.65. The van der Waals surface area contributed by atoms with Crippen LogP contribution in [0, 0.1) is 0 Å². The van der Waals surface area contributed by atoms with Gasteiger partial charge < -0.3 is 5.73 Å². The first kappa shape index (κ1) is 11.9. The second-order valence-electron chi connectivity index (χ2n) is 3.79. The SMILES string of the molecule is Nc1ccc2nc(NS(=O)(=O)c3cn[nH]c3)sc2c1. The van der Waals surface area contributed by atoms with Gasteiger partial charge in [-0.3, -0.25) is 9.82 Å². The molecule has 2 aromatic heterocycles. The molecule has 0 atom stereocenters. The number of anilines is 2. The van der Waals surface area contributed by atoms with E-state index in [1.807, 2.05) is 0 Å². The van der Waals surface area contributed by atoms with Crippen LogP contribution < -0.4 is 10.5 Å². The van der Waals surface area contributed by atoms with Crippen LogP contribution in [0.2, 0.25) is 0 Å². The van der Waals surface area contributed by atoms with Gasteiger partial charge in [-0.1, -0.05) is 11.3 Å². The van der Waals surface area contributed by atoms with Gasteiger partial charge in [0.25, 0.3) is 10.0 Å². The third-order valence-electron chi connectivity index (χ3n) is 2.42.